The number of Topliss-reactive ketones (excluding diaryl/α,β-unsaturated/α-hetero) is 1. The van der Waals surface area contributed by atoms with Crippen LogP contribution in [0.4, 0.5) is 0 Å². The molecule has 0 bridgehead atoms. The van der Waals surface area contributed by atoms with Gasteiger partial charge < -0.3 is 19.2 Å². The molecule has 24 heavy (non-hydrogen) atoms. The number of rotatable bonds is 10. The molecular formula is C17H35NO5Si. The van der Waals surface area contributed by atoms with Gasteiger partial charge in [0, 0.05) is 20.8 Å². The summed E-state index contributed by atoms with van der Waals surface area (Å²) >= 11 is 0. The number of amides is 1. The summed E-state index contributed by atoms with van der Waals surface area (Å²) in [6, 6.07) is 0. The average molecular weight is 362 g/mol. The van der Waals surface area contributed by atoms with Crippen molar-refractivity contribution in [3.63, 3.8) is 0 Å². The second-order valence-electron chi connectivity index (χ2n) is 7.67. The number of ether oxygens (including phenoxy) is 2. The summed E-state index contributed by atoms with van der Waals surface area (Å²) in [5.74, 6) is -1.04. The molecule has 0 fully saturated rings. The lowest BCUT2D eigenvalue weighted by molar-refractivity contribution is -0.161. The molecule has 0 aromatic heterocycles. The Kier molecular flexibility index (Phi) is 9.34. The average Bonchev–Trinajstić information content (AvgIpc) is 2.45. The van der Waals surface area contributed by atoms with Crippen molar-refractivity contribution in [2.45, 2.75) is 71.6 Å². The zero-order valence-corrected chi connectivity index (χ0v) is 17.7. The highest BCUT2D eigenvalue weighted by Gasteiger charge is 2.41. The fraction of sp³-hybridized carbons (Fsp3) is 0.882. The number of hydrogen-bond donors (Lipinski definition) is 1. The lowest BCUT2D eigenvalue weighted by atomic mass is 10.1. The van der Waals surface area contributed by atoms with Crippen LogP contribution in [0, 0.1) is 5.92 Å². The number of nitrogens with one attached hydrogen (secondary N) is 1. The summed E-state index contributed by atoms with van der Waals surface area (Å²) in [5.41, 5.74) is 0. The quantitative estimate of drug-likeness (QED) is 0.368. The van der Waals surface area contributed by atoms with Gasteiger partial charge in [0.25, 0.3) is 0 Å². The first kappa shape index (κ1) is 23.2. The van der Waals surface area contributed by atoms with Crippen LogP contribution in [-0.4, -0.2) is 53.2 Å². The first-order valence-electron chi connectivity index (χ1n) is 8.39. The van der Waals surface area contributed by atoms with Gasteiger partial charge in [-0.15, -0.1) is 0 Å². The molecule has 0 saturated heterocycles. The van der Waals surface area contributed by atoms with Gasteiger partial charge in [-0.3, -0.25) is 9.59 Å². The summed E-state index contributed by atoms with van der Waals surface area (Å²) in [7, 11) is 1.14. The lowest BCUT2D eigenvalue weighted by Gasteiger charge is -2.40. The molecule has 0 aromatic rings. The number of ketones is 1. The largest absolute Gasteiger partial charge is 0.409 e. The van der Waals surface area contributed by atoms with Gasteiger partial charge in [-0.1, -0.05) is 20.8 Å². The summed E-state index contributed by atoms with van der Waals surface area (Å²) in [6.45, 7) is 14.3. The Morgan fingerprint density at radius 3 is 2.00 bits per heavy atom. The first-order chi connectivity index (χ1) is 10.9. The molecule has 1 amide bonds. The Morgan fingerprint density at radius 2 is 1.62 bits per heavy atom. The molecule has 0 radical (unpaired) electrons. The molecular weight excluding hydrogens is 326 g/mol. The molecule has 1 N–H and O–H groups in total. The highest BCUT2D eigenvalue weighted by molar-refractivity contribution is 6.74. The van der Waals surface area contributed by atoms with E-state index in [9.17, 15) is 9.59 Å². The van der Waals surface area contributed by atoms with Crippen molar-refractivity contribution < 1.29 is 23.5 Å². The molecule has 2 unspecified atom stereocenters. The molecule has 0 aromatic carbocycles. The third-order valence-electron chi connectivity index (χ3n) is 4.75. The van der Waals surface area contributed by atoms with Crippen molar-refractivity contribution in [1.82, 2.24) is 5.32 Å². The molecule has 0 aliphatic heterocycles. The van der Waals surface area contributed by atoms with E-state index in [4.69, 9.17) is 13.9 Å². The predicted octanol–water partition coefficient (Wildman–Crippen LogP) is 2.73. The van der Waals surface area contributed by atoms with Gasteiger partial charge in [0.15, 0.2) is 14.6 Å². The minimum Gasteiger partial charge on any atom is -0.409 e. The lowest BCUT2D eigenvalue weighted by Crippen LogP contribution is -2.49. The van der Waals surface area contributed by atoms with E-state index in [2.05, 4.69) is 39.2 Å². The highest BCUT2D eigenvalue weighted by atomic mass is 28.4. The van der Waals surface area contributed by atoms with E-state index < -0.39 is 20.5 Å². The topological polar surface area (TPSA) is 73.9 Å². The van der Waals surface area contributed by atoms with Gasteiger partial charge in [0.2, 0.25) is 5.91 Å². The van der Waals surface area contributed by atoms with E-state index >= 15 is 0 Å². The second-order valence-corrected chi connectivity index (χ2v) is 12.4. The van der Waals surface area contributed by atoms with Gasteiger partial charge in [0.05, 0.1) is 12.0 Å². The van der Waals surface area contributed by atoms with Crippen molar-refractivity contribution in [3.05, 3.63) is 0 Å². The maximum Gasteiger partial charge on any atom is 0.230 e. The molecule has 0 rings (SSSR count). The van der Waals surface area contributed by atoms with Gasteiger partial charge >= 0.3 is 0 Å². The highest BCUT2D eigenvalue weighted by Crippen LogP contribution is 2.38. The first-order valence-corrected chi connectivity index (χ1v) is 11.3. The third-order valence-corrected chi connectivity index (χ3v) is 9.26. The van der Waals surface area contributed by atoms with Crippen LogP contribution in [0.2, 0.25) is 18.1 Å². The summed E-state index contributed by atoms with van der Waals surface area (Å²) in [4.78, 5) is 23.2. The molecule has 0 spiro atoms. The maximum absolute atomic E-state index is 11.9. The minimum atomic E-state index is -2.01. The predicted molar refractivity (Wildman–Crippen MR) is 97.3 cm³/mol. The van der Waals surface area contributed by atoms with Crippen molar-refractivity contribution >= 4 is 20.0 Å². The van der Waals surface area contributed by atoms with Crippen LogP contribution >= 0.6 is 0 Å². The van der Waals surface area contributed by atoms with Crippen LogP contribution < -0.4 is 5.32 Å². The SMILES string of the molecule is COC(OC)C(CCNC(=O)C(C)C(C)=O)O[Si](C)(C)C(C)(C)C. The minimum absolute atomic E-state index is 0.0592. The van der Waals surface area contributed by atoms with Gasteiger partial charge in [-0.2, -0.15) is 0 Å². The number of carbonyl (C=O) groups is 2. The normalized spacial score (nSPS) is 15.2. The van der Waals surface area contributed by atoms with Crippen molar-refractivity contribution in [2.75, 3.05) is 20.8 Å². The fourth-order valence-corrected chi connectivity index (χ4v) is 3.22. The molecule has 7 heteroatoms. The molecule has 2 atom stereocenters. The van der Waals surface area contributed by atoms with Gasteiger partial charge in [-0.05, 0) is 38.4 Å². The Bertz CT molecular complexity index is 416. The van der Waals surface area contributed by atoms with Crippen LogP contribution in [0.1, 0.15) is 41.0 Å². The monoisotopic (exact) mass is 361 g/mol. The van der Waals surface area contributed by atoms with Crippen LogP contribution in [0.5, 0.6) is 0 Å². The summed E-state index contributed by atoms with van der Waals surface area (Å²) in [6.07, 6.45) is -0.232. The van der Waals surface area contributed by atoms with E-state index in [-0.39, 0.29) is 22.8 Å². The summed E-state index contributed by atoms with van der Waals surface area (Å²) < 4.78 is 17.1. The van der Waals surface area contributed by atoms with Gasteiger partial charge in [-0.25, -0.2) is 0 Å². The van der Waals surface area contributed by atoms with Crippen LogP contribution in [0.25, 0.3) is 0 Å². The van der Waals surface area contributed by atoms with E-state index in [1.165, 1.54) is 6.92 Å². The summed E-state index contributed by atoms with van der Waals surface area (Å²) in [5, 5.41) is 2.85. The number of methoxy groups -OCH3 is 2. The molecule has 0 aliphatic rings. The second kappa shape index (κ2) is 9.65. The zero-order chi connectivity index (χ0) is 19.1. The standard InChI is InChI=1S/C17H35NO5Si/c1-12(13(2)19)15(20)18-11-10-14(16(21-6)22-7)23-24(8,9)17(3,4)5/h12,14,16H,10-11H2,1-9H3,(H,18,20). The third kappa shape index (κ3) is 7.00. The van der Waals surface area contributed by atoms with Crippen molar-refractivity contribution in [2.24, 2.45) is 5.92 Å². The van der Waals surface area contributed by atoms with Crippen LogP contribution in [-0.2, 0) is 23.5 Å². The van der Waals surface area contributed by atoms with Crippen LogP contribution in [0.3, 0.4) is 0 Å². The van der Waals surface area contributed by atoms with E-state index in [0.29, 0.717) is 13.0 Å². The maximum atomic E-state index is 11.9. The van der Waals surface area contributed by atoms with E-state index in [1.807, 2.05) is 0 Å². The molecule has 0 aliphatic carbocycles. The Labute approximate surface area is 147 Å². The van der Waals surface area contributed by atoms with Crippen molar-refractivity contribution in [3.8, 4) is 0 Å². The van der Waals surface area contributed by atoms with E-state index in [1.54, 1.807) is 21.1 Å². The van der Waals surface area contributed by atoms with Gasteiger partial charge in [0.1, 0.15) is 5.78 Å². The van der Waals surface area contributed by atoms with Crippen LogP contribution in [0.15, 0.2) is 0 Å². The Morgan fingerprint density at radius 1 is 1.12 bits per heavy atom. The Hall–Kier alpha value is -0.763. The molecule has 6 nitrogen and oxygen atoms in total. The fourth-order valence-electron chi connectivity index (χ4n) is 1.88. The zero-order valence-electron chi connectivity index (χ0n) is 16.7. The molecule has 0 saturated carbocycles. The number of carbonyl (C=O) groups excluding carboxylic acids is 2. The number of hydrogen-bond acceptors (Lipinski definition) is 5. The van der Waals surface area contributed by atoms with E-state index in [0.717, 1.165) is 0 Å². The molecule has 142 valence electrons. The molecule has 0 heterocycles. The Balaban J connectivity index is 4.87. The smallest absolute Gasteiger partial charge is 0.230 e. The van der Waals surface area contributed by atoms with Crippen molar-refractivity contribution in [1.29, 1.82) is 0 Å².